The fraction of sp³-hybridized carbons (Fsp3) is 0.471. The quantitative estimate of drug-likeness (QED) is 0.892. The van der Waals surface area contributed by atoms with Gasteiger partial charge in [0.15, 0.2) is 0 Å². The number of anilines is 1. The van der Waals surface area contributed by atoms with E-state index in [9.17, 15) is 4.79 Å². The van der Waals surface area contributed by atoms with Crippen LogP contribution in [0.3, 0.4) is 0 Å². The van der Waals surface area contributed by atoms with Crippen LogP contribution in [0.4, 0.5) is 5.69 Å². The Kier molecular flexibility index (Phi) is 4.28. The van der Waals surface area contributed by atoms with E-state index in [4.69, 9.17) is 5.73 Å². The van der Waals surface area contributed by atoms with Gasteiger partial charge in [0.2, 0.25) is 0 Å². The first-order valence-electron chi connectivity index (χ1n) is 7.27. The van der Waals surface area contributed by atoms with Crippen molar-refractivity contribution < 1.29 is 4.79 Å². The molecule has 0 aliphatic heterocycles. The molecule has 2 rings (SSSR count). The summed E-state index contributed by atoms with van der Waals surface area (Å²) in [7, 11) is 0. The standard InChI is InChI=1S/C17H24N2OS/c1-10-6-7-13-12(8-10)14(18)15(21-13)16(20)19-9-11(2)17(3,4)5/h6-8,11H,9,18H2,1-5H3,(H,19,20). The highest BCUT2D eigenvalue weighted by Crippen LogP contribution is 2.34. The molecule has 1 heterocycles. The Morgan fingerprint density at radius 2 is 2.05 bits per heavy atom. The molecule has 0 saturated carbocycles. The van der Waals surface area contributed by atoms with Crippen molar-refractivity contribution in [2.45, 2.75) is 34.6 Å². The molecule has 1 aromatic carbocycles. The molecule has 0 aliphatic carbocycles. The highest BCUT2D eigenvalue weighted by molar-refractivity contribution is 7.21. The summed E-state index contributed by atoms with van der Waals surface area (Å²) >= 11 is 1.46. The molecular formula is C17H24N2OS. The molecule has 2 aromatic rings. The van der Waals surface area contributed by atoms with E-state index in [0.29, 0.717) is 23.0 Å². The molecule has 1 aromatic heterocycles. The fourth-order valence-electron chi connectivity index (χ4n) is 2.03. The molecule has 114 valence electrons. The predicted molar refractivity (Wildman–Crippen MR) is 91.9 cm³/mol. The molecule has 21 heavy (non-hydrogen) atoms. The second kappa shape index (κ2) is 5.68. The van der Waals surface area contributed by atoms with Crippen molar-refractivity contribution in [1.29, 1.82) is 0 Å². The van der Waals surface area contributed by atoms with Gasteiger partial charge in [0, 0.05) is 16.6 Å². The van der Waals surface area contributed by atoms with Gasteiger partial charge < -0.3 is 11.1 Å². The fourth-order valence-corrected chi connectivity index (χ4v) is 3.05. The summed E-state index contributed by atoms with van der Waals surface area (Å²) in [5.41, 5.74) is 8.08. The topological polar surface area (TPSA) is 55.1 Å². The number of rotatable bonds is 3. The van der Waals surface area contributed by atoms with Crippen LogP contribution in [0.5, 0.6) is 0 Å². The lowest BCUT2D eigenvalue weighted by Gasteiger charge is -2.27. The van der Waals surface area contributed by atoms with Crippen molar-refractivity contribution in [3.63, 3.8) is 0 Å². The minimum atomic E-state index is -0.0672. The summed E-state index contributed by atoms with van der Waals surface area (Å²) in [6.45, 7) is 11.4. The molecule has 0 spiro atoms. The number of nitrogen functional groups attached to an aromatic ring is 1. The smallest absolute Gasteiger partial charge is 0.263 e. The van der Waals surface area contributed by atoms with E-state index in [1.165, 1.54) is 11.3 Å². The van der Waals surface area contributed by atoms with Crippen LogP contribution in [0.25, 0.3) is 10.1 Å². The van der Waals surface area contributed by atoms with Gasteiger partial charge in [0.25, 0.3) is 5.91 Å². The molecule has 0 aliphatic rings. The van der Waals surface area contributed by atoms with Crippen molar-refractivity contribution in [3.8, 4) is 0 Å². The first-order valence-corrected chi connectivity index (χ1v) is 8.08. The van der Waals surface area contributed by atoms with Crippen LogP contribution >= 0.6 is 11.3 Å². The van der Waals surface area contributed by atoms with E-state index < -0.39 is 0 Å². The van der Waals surface area contributed by atoms with Crippen molar-refractivity contribution in [2.75, 3.05) is 12.3 Å². The number of thiophene rings is 1. The minimum absolute atomic E-state index is 0.0672. The molecule has 3 N–H and O–H groups in total. The lowest BCUT2D eigenvalue weighted by atomic mass is 9.82. The second-order valence-electron chi connectivity index (χ2n) is 6.82. The Morgan fingerprint density at radius 1 is 1.38 bits per heavy atom. The molecule has 0 fully saturated rings. The highest BCUT2D eigenvalue weighted by Gasteiger charge is 2.22. The Bertz CT molecular complexity index is 667. The summed E-state index contributed by atoms with van der Waals surface area (Å²) in [4.78, 5) is 13.0. The van der Waals surface area contributed by atoms with Crippen molar-refractivity contribution in [3.05, 3.63) is 28.6 Å². The summed E-state index contributed by atoms with van der Waals surface area (Å²) in [6, 6.07) is 6.11. The van der Waals surface area contributed by atoms with Gasteiger partial charge >= 0.3 is 0 Å². The van der Waals surface area contributed by atoms with Gasteiger partial charge in [0.05, 0.1) is 5.69 Å². The number of nitrogens with two attached hydrogens (primary N) is 1. The molecule has 1 atom stereocenters. The van der Waals surface area contributed by atoms with Gasteiger partial charge in [-0.3, -0.25) is 4.79 Å². The maximum Gasteiger partial charge on any atom is 0.263 e. The molecule has 1 amide bonds. The lowest BCUT2D eigenvalue weighted by molar-refractivity contribution is 0.0942. The first-order chi connectivity index (χ1) is 9.70. The molecule has 3 nitrogen and oxygen atoms in total. The number of hydrogen-bond donors (Lipinski definition) is 2. The van der Waals surface area contributed by atoms with E-state index in [0.717, 1.165) is 15.6 Å². The van der Waals surface area contributed by atoms with Gasteiger partial charge in [-0.25, -0.2) is 0 Å². The highest BCUT2D eigenvalue weighted by atomic mass is 32.1. The molecule has 0 bridgehead atoms. The second-order valence-corrected chi connectivity index (χ2v) is 7.87. The van der Waals surface area contributed by atoms with Crippen LogP contribution in [0.15, 0.2) is 18.2 Å². The molecular weight excluding hydrogens is 280 g/mol. The number of benzene rings is 1. The maximum absolute atomic E-state index is 12.4. The van der Waals surface area contributed by atoms with Gasteiger partial charge in [-0.15, -0.1) is 11.3 Å². The number of carbonyl (C=O) groups is 1. The third-order valence-corrected chi connectivity index (χ3v) is 5.32. The van der Waals surface area contributed by atoms with Crippen LogP contribution in [0.1, 0.15) is 42.9 Å². The van der Waals surface area contributed by atoms with Crippen LogP contribution in [-0.4, -0.2) is 12.5 Å². The van der Waals surface area contributed by atoms with Gasteiger partial charge in [-0.05, 0) is 30.4 Å². The normalized spacial score (nSPS) is 13.4. The first kappa shape index (κ1) is 15.8. The molecule has 0 saturated heterocycles. The number of fused-ring (bicyclic) bond motifs is 1. The van der Waals surface area contributed by atoms with E-state index in [2.05, 4.69) is 33.0 Å². The lowest BCUT2D eigenvalue weighted by Crippen LogP contribution is -2.33. The average Bonchev–Trinajstić information content (AvgIpc) is 2.72. The number of amides is 1. The third kappa shape index (κ3) is 3.38. The number of hydrogen-bond acceptors (Lipinski definition) is 3. The predicted octanol–water partition coefficient (Wildman–Crippen LogP) is 4.20. The zero-order valence-corrected chi connectivity index (χ0v) is 14.2. The molecule has 0 radical (unpaired) electrons. The summed E-state index contributed by atoms with van der Waals surface area (Å²) in [6.07, 6.45) is 0. The monoisotopic (exact) mass is 304 g/mol. The number of aryl methyl sites for hydroxylation is 1. The van der Waals surface area contributed by atoms with Crippen LogP contribution in [0.2, 0.25) is 0 Å². The Balaban J connectivity index is 2.18. The van der Waals surface area contributed by atoms with E-state index in [1.807, 2.05) is 25.1 Å². The minimum Gasteiger partial charge on any atom is -0.397 e. The Labute approximate surface area is 130 Å². The SMILES string of the molecule is Cc1ccc2sc(C(=O)NCC(C)C(C)(C)C)c(N)c2c1. The van der Waals surface area contributed by atoms with Gasteiger partial charge in [-0.2, -0.15) is 0 Å². The summed E-state index contributed by atoms with van der Waals surface area (Å²) in [5.74, 6) is 0.335. The van der Waals surface area contributed by atoms with Crippen molar-refractivity contribution >= 4 is 33.0 Å². The maximum atomic E-state index is 12.4. The molecule has 1 unspecified atom stereocenters. The van der Waals surface area contributed by atoms with E-state index in [1.54, 1.807) is 0 Å². The number of carbonyl (C=O) groups excluding carboxylic acids is 1. The van der Waals surface area contributed by atoms with Gasteiger partial charge in [-0.1, -0.05) is 39.3 Å². The van der Waals surface area contributed by atoms with Crippen molar-refractivity contribution in [2.24, 2.45) is 11.3 Å². The van der Waals surface area contributed by atoms with Crippen LogP contribution in [-0.2, 0) is 0 Å². The Hall–Kier alpha value is -1.55. The average molecular weight is 304 g/mol. The van der Waals surface area contributed by atoms with Crippen molar-refractivity contribution in [1.82, 2.24) is 5.32 Å². The van der Waals surface area contributed by atoms with E-state index in [-0.39, 0.29) is 11.3 Å². The largest absolute Gasteiger partial charge is 0.397 e. The van der Waals surface area contributed by atoms with Crippen LogP contribution < -0.4 is 11.1 Å². The zero-order chi connectivity index (χ0) is 15.8. The summed E-state index contributed by atoms with van der Waals surface area (Å²) in [5, 5.41) is 3.99. The van der Waals surface area contributed by atoms with Crippen LogP contribution in [0, 0.1) is 18.3 Å². The zero-order valence-electron chi connectivity index (χ0n) is 13.4. The third-order valence-electron chi connectivity index (χ3n) is 4.14. The number of nitrogens with one attached hydrogen (secondary N) is 1. The van der Waals surface area contributed by atoms with E-state index >= 15 is 0 Å². The molecule has 4 heteroatoms. The Morgan fingerprint density at radius 3 is 2.67 bits per heavy atom. The van der Waals surface area contributed by atoms with Gasteiger partial charge in [0.1, 0.15) is 4.88 Å². The summed E-state index contributed by atoms with van der Waals surface area (Å²) < 4.78 is 1.06.